The van der Waals surface area contributed by atoms with Crippen LogP contribution in [0.2, 0.25) is 6.04 Å². The summed E-state index contributed by atoms with van der Waals surface area (Å²) in [6, 6.07) is 1.51. The monoisotopic (exact) mass is 494 g/mol. The van der Waals surface area contributed by atoms with E-state index in [0.717, 1.165) is 7.98 Å². The van der Waals surface area contributed by atoms with E-state index in [4.69, 9.17) is 4.74 Å². The van der Waals surface area contributed by atoms with Crippen molar-refractivity contribution in [3.05, 3.63) is 12.7 Å². The Kier molecular flexibility index (Phi) is 15.0. The van der Waals surface area contributed by atoms with Gasteiger partial charge in [0, 0.05) is 17.2 Å². The minimum Gasteiger partial charge on any atom is -0.463 e. The lowest BCUT2D eigenvalue weighted by Crippen LogP contribution is -2.01. The lowest BCUT2D eigenvalue weighted by molar-refractivity contribution is -0.137. The maximum atomic E-state index is 10.8. The fourth-order valence-electron chi connectivity index (χ4n) is 1.69. The first-order valence-corrected chi connectivity index (χ1v) is 11.0. The van der Waals surface area contributed by atoms with Crippen LogP contribution < -0.4 is 0 Å². The van der Waals surface area contributed by atoms with Crippen LogP contribution in [0.3, 0.4) is 0 Å². The molecule has 0 fully saturated rings. The zero-order valence-electron chi connectivity index (χ0n) is 11.0. The SMILES string of the molecule is C=CC(=O)OCCCCCCCCC[SiH2]C(I)I. The number of ether oxygens (including phenoxy) is 1. The number of rotatable bonds is 12. The van der Waals surface area contributed by atoms with Gasteiger partial charge in [-0.05, 0) is 6.42 Å². The molecule has 106 valence electrons. The quantitative estimate of drug-likeness (QED) is 0.102. The van der Waals surface area contributed by atoms with Crippen molar-refractivity contribution in [2.45, 2.75) is 52.5 Å². The van der Waals surface area contributed by atoms with Crippen LogP contribution in [-0.2, 0) is 9.53 Å². The van der Waals surface area contributed by atoms with Crippen molar-refractivity contribution in [3.63, 3.8) is 0 Å². The van der Waals surface area contributed by atoms with E-state index in [2.05, 4.69) is 51.8 Å². The molecule has 0 saturated heterocycles. The fourth-order valence-corrected chi connectivity index (χ4v) is 5.29. The lowest BCUT2D eigenvalue weighted by atomic mass is 10.1. The van der Waals surface area contributed by atoms with Crippen LogP contribution in [0.5, 0.6) is 0 Å². The van der Waals surface area contributed by atoms with Crippen LogP contribution in [0.25, 0.3) is 0 Å². The Hall–Kier alpha value is 0.887. The van der Waals surface area contributed by atoms with E-state index in [0.29, 0.717) is 6.61 Å². The molecule has 0 amide bonds. The molecule has 0 saturated carbocycles. The molecule has 0 atom stereocenters. The highest BCUT2D eigenvalue weighted by Crippen LogP contribution is 2.13. The highest BCUT2D eigenvalue weighted by Gasteiger charge is 1.98. The first kappa shape index (κ1) is 18.9. The van der Waals surface area contributed by atoms with Crippen LogP contribution >= 0.6 is 45.2 Å². The van der Waals surface area contributed by atoms with Gasteiger partial charge in [-0.2, -0.15) is 0 Å². The Morgan fingerprint density at radius 2 is 1.67 bits per heavy atom. The highest BCUT2D eigenvalue weighted by molar-refractivity contribution is 14.2. The van der Waals surface area contributed by atoms with E-state index in [1.165, 1.54) is 50.6 Å². The van der Waals surface area contributed by atoms with Gasteiger partial charge in [-0.15, -0.1) is 0 Å². The molecule has 0 rings (SSSR count). The Labute approximate surface area is 141 Å². The number of hydrogen-bond acceptors (Lipinski definition) is 2. The van der Waals surface area contributed by atoms with Gasteiger partial charge in [0.15, 0.2) is 0 Å². The minimum atomic E-state index is -0.303. The number of halogens is 2. The summed E-state index contributed by atoms with van der Waals surface area (Å²) in [5, 5.41) is 0. The predicted molar refractivity (Wildman–Crippen MR) is 98.7 cm³/mol. The van der Waals surface area contributed by atoms with E-state index >= 15 is 0 Å². The number of unbranched alkanes of at least 4 members (excludes halogenated alkanes) is 6. The summed E-state index contributed by atoms with van der Waals surface area (Å²) < 4.78 is 5.85. The van der Waals surface area contributed by atoms with Gasteiger partial charge in [-0.25, -0.2) is 4.79 Å². The topological polar surface area (TPSA) is 26.3 Å². The zero-order chi connectivity index (χ0) is 13.6. The smallest absolute Gasteiger partial charge is 0.330 e. The predicted octanol–water partition coefficient (Wildman–Crippen LogP) is 4.19. The summed E-state index contributed by atoms with van der Waals surface area (Å²) in [5.41, 5.74) is 0. The molecule has 18 heavy (non-hydrogen) atoms. The molecule has 0 aliphatic carbocycles. The molecule has 2 nitrogen and oxygen atoms in total. The second-order valence-corrected chi connectivity index (χ2v) is 15.2. The molecule has 0 aromatic heterocycles. The summed E-state index contributed by atoms with van der Waals surface area (Å²) in [5.74, 6) is -0.303. The van der Waals surface area contributed by atoms with Crippen LogP contribution in [0, 0.1) is 0 Å². The Balaban J connectivity index is 3.03. The number of hydrogen-bond donors (Lipinski definition) is 0. The average molecular weight is 494 g/mol. The van der Waals surface area contributed by atoms with Gasteiger partial charge in [0.2, 0.25) is 0 Å². The van der Waals surface area contributed by atoms with E-state index in [1.54, 1.807) is 0 Å². The van der Waals surface area contributed by atoms with Crippen molar-refractivity contribution >= 4 is 60.7 Å². The third kappa shape index (κ3) is 14.9. The van der Waals surface area contributed by atoms with E-state index < -0.39 is 0 Å². The number of esters is 1. The second kappa shape index (κ2) is 14.3. The van der Waals surface area contributed by atoms with Crippen molar-refractivity contribution in [2.75, 3.05) is 6.61 Å². The van der Waals surface area contributed by atoms with Gasteiger partial charge < -0.3 is 4.74 Å². The van der Waals surface area contributed by atoms with Gasteiger partial charge in [0.05, 0.1) is 6.61 Å². The molecular formula is C13H24I2O2Si. The molecule has 0 radical (unpaired) electrons. The van der Waals surface area contributed by atoms with Gasteiger partial charge in [0.25, 0.3) is 0 Å². The summed E-state index contributed by atoms with van der Waals surface area (Å²) in [7, 11) is 0.202. The second-order valence-electron chi connectivity index (χ2n) is 4.38. The van der Waals surface area contributed by atoms with E-state index in [1.807, 2.05) is 0 Å². The fraction of sp³-hybridized carbons (Fsp3) is 0.769. The van der Waals surface area contributed by atoms with Gasteiger partial charge in [-0.3, -0.25) is 0 Å². The summed E-state index contributed by atoms with van der Waals surface area (Å²) in [6.07, 6.45) is 10.2. The first-order valence-electron chi connectivity index (χ1n) is 6.74. The van der Waals surface area contributed by atoms with Crippen molar-refractivity contribution < 1.29 is 9.53 Å². The van der Waals surface area contributed by atoms with Gasteiger partial charge >= 0.3 is 5.97 Å². The molecule has 0 bridgehead atoms. The van der Waals surface area contributed by atoms with Crippen molar-refractivity contribution in [1.82, 2.24) is 0 Å². The molecular weight excluding hydrogens is 470 g/mol. The largest absolute Gasteiger partial charge is 0.463 e. The van der Waals surface area contributed by atoms with Gasteiger partial charge in [-0.1, -0.05) is 96.3 Å². The van der Waals surface area contributed by atoms with E-state index in [9.17, 15) is 4.79 Å². The third-order valence-corrected chi connectivity index (χ3v) is 7.81. The normalized spacial score (nSPS) is 11.3. The third-order valence-electron chi connectivity index (χ3n) is 2.73. The number of carbonyl (C=O) groups excluding carboxylic acids is 1. The molecule has 0 aliphatic rings. The molecule has 0 heterocycles. The Bertz CT molecular complexity index is 223. The highest BCUT2D eigenvalue weighted by atomic mass is 127. The summed E-state index contributed by atoms with van der Waals surface area (Å²) in [4.78, 5) is 10.8. The zero-order valence-corrected chi connectivity index (χ0v) is 16.7. The van der Waals surface area contributed by atoms with Crippen LogP contribution in [0.15, 0.2) is 12.7 Å². The Morgan fingerprint density at radius 1 is 1.11 bits per heavy atom. The minimum absolute atomic E-state index is 0.202. The van der Waals surface area contributed by atoms with Crippen LogP contribution in [0.1, 0.15) is 44.9 Å². The van der Waals surface area contributed by atoms with Crippen LogP contribution in [0.4, 0.5) is 0 Å². The van der Waals surface area contributed by atoms with Gasteiger partial charge in [0.1, 0.15) is 0 Å². The molecule has 5 heteroatoms. The lowest BCUT2D eigenvalue weighted by Gasteiger charge is -2.03. The van der Waals surface area contributed by atoms with Crippen molar-refractivity contribution in [1.29, 1.82) is 0 Å². The number of carbonyl (C=O) groups is 1. The molecule has 0 aliphatic heterocycles. The van der Waals surface area contributed by atoms with E-state index in [-0.39, 0.29) is 15.5 Å². The molecule has 0 aromatic carbocycles. The molecule has 0 spiro atoms. The standard InChI is InChI=1S/C13H24I2O2Si/c1-2-12(16)17-10-8-6-4-3-5-7-9-11-18-13(14)15/h2,13H,1,3-11,18H2. The summed E-state index contributed by atoms with van der Waals surface area (Å²) in [6.45, 7) is 3.91. The number of alkyl halides is 2. The first-order chi connectivity index (χ1) is 8.66. The maximum Gasteiger partial charge on any atom is 0.330 e. The molecule has 0 aromatic rings. The Morgan fingerprint density at radius 3 is 2.22 bits per heavy atom. The summed E-state index contributed by atoms with van der Waals surface area (Å²) >= 11 is 5.09. The van der Waals surface area contributed by atoms with Crippen molar-refractivity contribution in [2.24, 2.45) is 0 Å². The maximum absolute atomic E-state index is 10.8. The van der Waals surface area contributed by atoms with Crippen LogP contribution in [-0.4, -0.2) is 23.7 Å². The molecule has 0 N–H and O–H groups in total. The van der Waals surface area contributed by atoms with Crippen molar-refractivity contribution in [3.8, 4) is 0 Å². The average Bonchev–Trinajstić information content (AvgIpc) is 2.35. The molecule has 0 unspecified atom stereocenters.